The van der Waals surface area contributed by atoms with Gasteiger partial charge in [-0.05, 0) is 18.4 Å². The number of fused-ring (bicyclic) bond motifs is 1. The lowest BCUT2D eigenvalue weighted by Crippen LogP contribution is -2.51. The largest absolute Gasteiger partial charge is 0.384 e. The second-order valence-corrected chi connectivity index (χ2v) is 5.89. The van der Waals surface area contributed by atoms with Crippen LogP contribution >= 0.6 is 0 Å². The van der Waals surface area contributed by atoms with Gasteiger partial charge >= 0.3 is 0 Å². The molecule has 2 heterocycles. The van der Waals surface area contributed by atoms with E-state index in [4.69, 9.17) is 9.47 Å². The first kappa shape index (κ1) is 13.1. The molecule has 0 aliphatic carbocycles. The second kappa shape index (κ2) is 5.61. The van der Waals surface area contributed by atoms with E-state index in [1.165, 1.54) is 5.56 Å². The number of piperidine rings is 1. The average Bonchev–Trinajstić information content (AvgIpc) is 2.83. The number of methoxy groups -OCH3 is 1. The Bertz CT molecular complexity index is 408. The molecule has 0 radical (unpaired) electrons. The summed E-state index contributed by atoms with van der Waals surface area (Å²) in [6.45, 7) is 4.99. The second-order valence-electron chi connectivity index (χ2n) is 5.89. The van der Waals surface area contributed by atoms with Gasteiger partial charge in [0, 0.05) is 38.8 Å². The topological polar surface area (TPSA) is 21.7 Å². The Labute approximate surface area is 115 Å². The van der Waals surface area contributed by atoms with Gasteiger partial charge in [0.15, 0.2) is 0 Å². The van der Waals surface area contributed by atoms with E-state index in [0.29, 0.717) is 6.10 Å². The quantitative estimate of drug-likeness (QED) is 0.830. The lowest BCUT2D eigenvalue weighted by molar-refractivity contribution is -0.0557. The van der Waals surface area contributed by atoms with E-state index in [1.807, 2.05) is 0 Å². The summed E-state index contributed by atoms with van der Waals surface area (Å²) in [4.78, 5) is 2.56. The van der Waals surface area contributed by atoms with Gasteiger partial charge in [0.1, 0.15) is 0 Å². The molecule has 0 saturated carbocycles. The first-order chi connectivity index (χ1) is 9.32. The van der Waals surface area contributed by atoms with Crippen molar-refractivity contribution in [1.82, 2.24) is 4.90 Å². The van der Waals surface area contributed by atoms with Crippen LogP contribution in [0.15, 0.2) is 30.3 Å². The Kier molecular flexibility index (Phi) is 3.87. The van der Waals surface area contributed by atoms with Gasteiger partial charge in [-0.1, -0.05) is 30.3 Å². The Morgan fingerprint density at radius 2 is 2.21 bits per heavy atom. The molecule has 1 aromatic rings. The molecule has 2 saturated heterocycles. The highest BCUT2D eigenvalue weighted by atomic mass is 16.5. The maximum atomic E-state index is 5.90. The fraction of sp³-hybridized carbons (Fsp3) is 0.625. The smallest absolute Gasteiger partial charge is 0.0678 e. The average molecular weight is 261 g/mol. The summed E-state index contributed by atoms with van der Waals surface area (Å²) in [6.07, 6.45) is 2.67. The van der Waals surface area contributed by atoms with Gasteiger partial charge in [-0.15, -0.1) is 0 Å². The summed E-state index contributed by atoms with van der Waals surface area (Å²) in [5.74, 6) is 0. The molecular formula is C16H23NO2. The molecule has 3 heteroatoms. The van der Waals surface area contributed by atoms with E-state index in [2.05, 4.69) is 35.2 Å². The van der Waals surface area contributed by atoms with Crippen LogP contribution in [0.2, 0.25) is 0 Å². The number of rotatable bonds is 4. The van der Waals surface area contributed by atoms with Crippen LogP contribution in [-0.4, -0.2) is 44.4 Å². The van der Waals surface area contributed by atoms with E-state index in [9.17, 15) is 0 Å². The normalized spacial score (nSPS) is 31.3. The summed E-state index contributed by atoms with van der Waals surface area (Å²) < 4.78 is 11.4. The summed E-state index contributed by atoms with van der Waals surface area (Å²) in [7, 11) is 1.81. The number of likely N-dealkylation sites (tertiary alicyclic amines) is 1. The van der Waals surface area contributed by atoms with Gasteiger partial charge in [-0.3, -0.25) is 4.90 Å². The van der Waals surface area contributed by atoms with Crippen molar-refractivity contribution in [3.05, 3.63) is 35.9 Å². The van der Waals surface area contributed by atoms with E-state index >= 15 is 0 Å². The van der Waals surface area contributed by atoms with Gasteiger partial charge in [0.05, 0.1) is 12.7 Å². The lowest BCUT2D eigenvalue weighted by Gasteiger charge is -2.43. The van der Waals surface area contributed by atoms with Gasteiger partial charge < -0.3 is 9.47 Å². The molecule has 0 bridgehead atoms. The van der Waals surface area contributed by atoms with E-state index in [1.54, 1.807) is 7.11 Å². The molecule has 2 aliphatic rings. The van der Waals surface area contributed by atoms with Gasteiger partial charge in [0.25, 0.3) is 0 Å². The van der Waals surface area contributed by atoms with Crippen LogP contribution in [0.4, 0.5) is 0 Å². The van der Waals surface area contributed by atoms with Crippen LogP contribution in [0.25, 0.3) is 0 Å². The molecule has 0 N–H and O–H groups in total. The molecule has 0 aromatic heterocycles. The highest BCUT2D eigenvalue weighted by Gasteiger charge is 2.47. The molecule has 2 fully saturated rings. The highest BCUT2D eigenvalue weighted by Crippen LogP contribution is 2.41. The predicted molar refractivity (Wildman–Crippen MR) is 75.0 cm³/mol. The van der Waals surface area contributed by atoms with E-state index in [-0.39, 0.29) is 5.41 Å². The van der Waals surface area contributed by atoms with Crippen LogP contribution in [0.1, 0.15) is 18.4 Å². The Morgan fingerprint density at radius 1 is 1.37 bits per heavy atom. The minimum atomic E-state index is 0.224. The predicted octanol–water partition coefficient (Wildman–Crippen LogP) is 2.31. The summed E-state index contributed by atoms with van der Waals surface area (Å²) >= 11 is 0. The van der Waals surface area contributed by atoms with E-state index < -0.39 is 0 Å². The maximum Gasteiger partial charge on any atom is 0.0678 e. The molecule has 3 rings (SSSR count). The summed E-state index contributed by atoms with van der Waals surface area (Å²) in [5.41, 5.74) is 1.62. The number of benzene rings is 1. The van der Waals surface area contributed by atoms with Crippen LogP contribution in [0.3, 0.4) is 0 Å². The SMILES string of the molecule is COC[C@@]12CCO[C@@H]1CCN(Cc1ccccc1)C2. The maximum absolute atomic E-state index is 5.90. The molecule has 19 heavy (non-hydrogen) atoms. The van der Waals surface area contributed by atoms with Crippen molar-refractivity contribution in [1.29, 1.82) is 0 Å². The molecule has 2 aliphatic heterocycles. The zero-order chi connectivity index (χ0) is 13.1. The van der Waals surface area contributed by atoms with Gasteiger partial charge in [0.2, 0.25) is 0 Å². The van der Waals surface area contributed by atoms with Crippen molar-refractivity contribution in [3.63, 3.8) is 0 Å². The van der Waals surface area contributed by atoms with Crippen LogP contribution in [-0.2, 0) is 16.0 Å². The van der Waals surface area contributed by atoms with Crippen LogP contribution in [0, 0.1) is 5.41 Å². The first-order valence-corrected chi connectivity index (χ1v) is 7.19. The molecule has 1 aromatic carbocycles. The Hall–Kier alpha value is -0.900. The lowest BCUT2D eigenvalue weighted by atomic mass is 9.77. The minimum absolute atomic E-state index is 0.224. The van der Waals surface area contributed by atoms with Crippen LogP contribution in [0.5, 0.6) is 0 Å². The van der Waals surface area contributed by atoms with Crippen molar-refractivity contribution >= 4 is 0 Å². The fourth-order valence-corrected chi connectivity index (χ4v) is 3.61. The fourth-order valence-electron chi connectivity index (χ4n) is 3.61. The molecule has 0 amide bonds. The Morgan fingerprint density at radius 3 is 3.00 bits per heavy atom. The molecule has 3 nitrogen and oxygen atoms in total. The van der Waals surface area contributed by atoms with Crippen LogP contribution < -0.4 is 0 Å². The molecule has 0 unspecified atom stereocenters. The molecule has 0 spiro atoms. The zero-order valence-corrected chi connectivity index (χ0v) is 11.7. The minimum Gasteiger partial charge on any atom is -0.384 e. The van der Waals surface area contributed by atoms with Gasteiger partial charge in [-0.2, -0.15) is 0 Å². The summed E-state index contributed by atoms with van der Waals surface area (Å²) in [5, 5.41) is 0. The third kappa shape index (κ3) is 2.69. The number of ether oxygens (including phenoxy) is 2. The molecular weight excluding hydrogens is 238 g/mol. The van der Waals surface area contributed by atoms with Gasteiger partial charge in [-0.25, -0.2) is 0 Å². The monoisotopic (exact) mass is 261 g/mol. The van der Waals surface area contributed by atoms with Crippen molar-refractivity contribution in [2.75, 3.05) is 33.4 Å². The molecule has 104 valence electrons. The standard InChI is InChI=1S/C16H23NO2/c1-18-13-16-8-10-19-15(16)7-9-17(12-16)11-14-5-3-2-4-6-14/h2-6,15H,7-13H2,1H3/t15-,16+/m1/s1. The third-order valence-corrected chi connectivity index (χ3v) is 4.53. The summed E-state index contributed by atoms with van der Waals surface area (Å²) in [6, 6.07) is 10.7. The number of hydrogen-bond acceptors (Lipinski definition) is 3. The Balaban J connectivity index is 1.68. The van der Waals surface area contributed by atoms with Crippen molar-refractivity contribution < 1.29 is 9.47 Å². The van der Waals surface area contributed by atoms with E-state index in [0.717, 1.165) is 45.7 Å². The first-order valence-electron chi connectivity index (χ1n) is 7.19. The number of hydrogen-bond donors (Lipinski definition) is 0. The number of nitrogens with zero attached hydrogens (tertiary/aromatic N) is 1. The van der Waals surface area contributed by atoms with Crippen molar-refractivity contribution in [2.24, 2.45) is 5.41 Å². The third-order valence-electron chi connectivity index (χ3n) is 4.53. The molecule has 2 atom stereocenters. The van der Waals surface area contributed by atoms with Crippen molar-refractivity contribution in [3.8, 4) is 0 Å². The van der Waals surface area contributed by atoms with Crippen molar-refractivity contribution in [2.45, 2.75) is 25.5 Å². The highest BCUT2D eigenvalue weighted by molar-refractivity contribution is 5.15. The zero-order valence-electron chi connectivity index (χ0n) is 11.7.